The molecule has 0 spiro atoms. The molecule has 1 heterocycles. The summed E-state index contributed by atoms with van der Waals surface area (Å²) in [5.41, 5.74) is 4.06. The summed E-state index contributed by atoms with van der Waals surface area (Å²) in [7, 11) is 0. The lowest BCUT2D eigenvalue weighted by Gasteiger charge is -2.05. The monoisotopic (exact) mass is 340 g/mol. The first-order chi connectivity index (χ1) is 9.20. The molecule has 4 nitrogen and oxygen atoms in total. The van der Waals surface area contributed by atoms with Crippen molar-refractivity contribution in [2.75, 3.05) is 0 Å². The molecule has 100 valence electrons. The standard InChI is InChI=1S/C13H13BrN2O2S/c14-11-3-1-2-9(6-11)7-18-8-10-4-5-19-12(10)13(17)16-15/h1-6H,7-8,15H2,(H,16,17). The molecule has 0 aliphatic carbocycles. The number of nitrogens with one attached hydrogen (secondary N) is 1. The van der Waals surface area contributed by atoms with E-state index in [0.29, 0.717) is 18.1 Å². The quantitative estimate of drug-likeness (QED) is 0.499. The maximum absolute atomic E-state index is 11.5. The van der Waals surface area contributed by atoms with Gasteiger partial charge in [-0.25, -0.2) is 5.84 Å². The Morgan fingerprint density at radius 1 is 1.37 bits per heavy atom. The van der Waals surface area contributed by atoms with Crippen LogP contribution in [0.25, 0.3) is 0 Å². The van der Waals surface area contributed by atoms with Gasteiger partial charge in [-0.1, -0.05) is 28.1 Å². The van der Waals surface area contributed by atoms with E-state index in [4.69, 9.17) is 10.6 Å². The topological polar surface area (TPSA) is 64.3 Å². The number of ether oxygens (including phenoxy) is 1. The first-order valence-electron chi connectivity index (χ1n) is 5.60. The van der Waals surface area contributed by atoms with Crippen LogP contribution in [0.2, 0.25) is 0 Å². The molecular weight excluding hydrogens is 328 g/mol. The van der Waals surface area contributed by atoms with Gasteiger partial charge in [-0.15, -0.1) is 11.3 Å². The summed E-state index contributed by atoms with van der Waals surface area (Å²) in [6.07, 6.45) is 0. The number of hydrogen-bond acceptors (Lipinski definition) is 4. The SMILES string of the molecule is NNC(=O)c1sccc1COCc1cccc(Br)c1. The fourth-order valence-electron chi connectivity index (χ4n) is 1.62. The van der Waals surface area contributed by atoms with E-state index < -0.39 is 0 Å². The second kappa shape index (κ2) is 6.81. The lowest BCUT2D eigenvalue weighted by Crippen LogP contribution is -2.30. The summed E-state index contributed by atoms with van der Waals surface area (Å²) < 4.78 is 6.64. The summed E-state index contributed by atoms with van der Waals surface area (Å²) in [6, 6.07) is 9.79. The molecule has 1 amide bonds. The van der Waals surface area contributed by atoms with Crippen molar-refractivity contribution in [3.05, 3.63) is 56.2 Å². The average molecular weight is 341 g/mol. The second-order valence-corrected chi connectivity index (χ2v) is 5.70. The lowest BCUT2D eigenvalue weighted by atomic mass is 10.2. The van der Waals surface area contributed by atoms with Crippen molar-refractivity contribution in [3.8, 4) is 0 Å². The minimum atomic E-state index is -0.281. The van der Waals surface area contributed by atoms with Gasteiger partial charge in [-0.05, 0) is 29.1 Å². The predicted molar refractivity (Wildman–Crippen MR) is 78.6 cm³/mol. The van der Waals surface area contributed by atoms with Gasteiger partial charge in [-0.3, -0.25) is 10.2 Å². The second-order valence-electron chi connectivity index (χ2n) is 3.87. The highest BCUT2D eigenvalue weighted by molar-refractivity contribution is 9.10. The fraction of sp³-hybridized carbons (Fsp3) is 0.154. The van der Waals surface area contributed by atoms with Gasteiger partial charge in [-0.2, -0.15) is 0 Å². The number of thiophene rings is 1. The molecule has 0 unspecified atom stereocenters. The number of amides is 1. The maximum Gasteiger partial charge on any atom is 0.275 e. The predicted octanol–water partition coefficient (Wildman–Crippen LogP) is 2.83. The van der Waals surface area contributed by atoms with E-state index in [1.807, 2.05) is 35.7 Å². The smallest absolute Gasteiger partial charge is 0.275 e. The minimum Gasteiger partial charge on any atom is -0.372 e. The Labute approximate surface area is 123 Å². The molecule has 2 aromatic rings. The van der Waals surface area contributed by atoms with Gasteiger partial charge < -0.3 is 4.74 Å². The van der Waals surface area contributed by atoms with Crippen LogP contribution >= 0.6 is 27.3 Å². The van der Waals surface area contributed by atoms with Crippen molar-refractivity contribution >= 4 is 33.2 Å². The Morgan fingerprint density at radius 2 is 2.21 bits per heavy atom. The number of nitrogens with two attached hydrogens (primary N) is 1. The number of hydrazine groups is 1. The lowest BCUT2D eigenvalue weighted by molar-refractivity contribution is 0.0933. The summed E-state index contributed by atoms with van der Waals surface area (Å²) in [5, 5.41) is 1.85. The Kier molecular flexibility index (Phi) is 5.09. The van der Waals surface area contributed by atoms with Crippen LogP contribution in [0, 0.1) is 0 Å². The van der Waals surface area contributed by atoms with Crippen molar-refractivity contribution in [1.82, 2.24) is 5.43 Å². The highest BCUT2D eigenvalue weighted by Crippen LogP contribution is 2.18. The average Bonchev–Trinajstić information content (AvgIpc) is 2.86. The van der Waals surface area contributed by atoms with E-state index >= 15 is 0 Å². The van der Waals surface area contributed by atoms with Crippen molar-refractivity contribution < 1.29 is 9.53 Å². The normalized spacial score (nSPS) is 10.4. The number of hydrogen-bond donors (Lipinski definition) is 2. The molecule has 0 bridgehead atoms. The van der Waals surface area contributed by atoms with E-state index in [1.165, 1.54) is 11.3 Å². The van der Waals surface area contributed by atoms with E-state index in [0.717, 1.165) is 15.6 Å². The van der Waals surface area contributed by atoms with Crippen LogP contribution in [-0.4, -0.2) is 5.91 Å². The molecule has 0 fully saturated rings. The molecule has 2 rings (SSSR count). The van der Waals surface area contributed by atoms with Crippen molar-refractivity contribution in [3.63, 3.8) is 0 Å². The van der Waals surface area contributed by atoms with E-state index in [1.54, 1.807) is 0 Å². The third-order valence-corrected chi connectivity index (χ3v) is 3.95. The molecule has 19 heavy (non-hydrogen) atoms. The third kappa shape index (κ3) is 3.87. The molecule has 0 saturated carbocycles. The Hall–Kier alpha value is -1.21. The molecule has 0 aliphatic rings. The first kappa shape index (κ1) is 14.2. The van der Waals surface area contributed by atoms with Crippen LogP contribution in [-0.2, 0) is 18.0 Å². The van der Waals surface area contributed by atoms with E-state index in [9.17, 15) is 4.79 Å². The zero-order valence-electron chi connectivity index (χ0n) is 10.1. The molecule has 3 N–H and O–H groups in total. The maximum atomic E-state index is 11.5. The highest BCUT2D eigenvalue weighted by Gasteiger charge is 2.11. The van der Waals surface area contributed by atoms with Gasteiger partial charge >= 0.3 is 0 Å². The molecular formula is C13H13BrN2O2S. The van der Waals surface area contributed by atoms with Crippen LogP contribution in [0.5, 0.6) is 0 Å². The van der Waals surface area contributed by atoms with Gasteiger partial charge in [0.25, 0.3) is 5.91 Å². The van der Waals surface area contributed by atoms with Crippen molar-refractivity contribution in [2.24, 2.45) is 5.84 Å². The zero-order valence-corrected chi connectivity index (χ0v) is 12.5. The van der Waals surface area contributed by atoms with Crippen molar-refractivity contribution in [1.29, 1.82) is 0 Å². The van der Waals surface area contributed by atoms with Crippen LogP contribution in [0.15, 0.2) is 40.2 Å². The summed E-state index contributed by atoms with van der Waals surface area (Å²) in [6.45, 7) is 0.887. The van der Waals surface area contributed by atoms with Gasteiger partial charge in [0.15, 0.2) is 0 Å². The van der Waals surface area contributed by atoms with Gasteiger partial charge in [0.1, 0.15) is 0 Å². The third-order valence-electron chi connectivity index (χ3n) is 2.50. The van der Waals surface area contributed by atoms with Crippen LogP contribution in [0.4, 0.5) is 0 Å². The number of nitrogen functional groups attached to an aromatic ring is 1. The molecule has 0 saturated heterocycles. The number of rotatable bonds is 5. The molecule has 1 aromatic heterocycles. The Morgan fingerprint density at radius 3 is 2.95 bits per heavy atom. The molecule has 0 radical (unpaired) electrons. The molecule has 1 aromatic carbocycles. The van der Waals surface area contributed by atoms with Crippen LogP contribution in [0.3, 0.4) is 0 Å². The first-order valence-corrected chi connectivity index (χ1v) is 7.27. The number of carbonyl (C=O) groups is 1. The summed E-state index contributed by atoms with van der Waals surface area (Å²) in [4.78, 5) is 12.1. The van der Waals surface area contributed by atoms with E-state index in [2.05, 4.69) is 21.4 Å². The van der Waals surface area contributed by atoms with Crippen LogP contribution in [0.1, 0.15) is 20.8 Å². The highest BCUT2D eigenvalue weighted by atomic mass is 79.9. The van der Waals surface area contributed by atoms with Gasteiger partial charge in [0.2, 0.25) is 0 Å². The van der Waals surface area contributed by atoms with Gasteiger partial charge in [0, 0.05) is 10.0 Å². The zero-order chi connectivity index (χ0) is 13.7. The van der Waals surface area contributed by atoms with Gasteiger partial charge in [0.05, 0.1) is 18.1 Å². The number of halogens is 1. The summed E-state index contributed by atoms with van der Waals surface area (Å²) >= 11 is 4.76. The largest absolute Gasteiger partial charge is 0.372 e. The molecule has 6 heteroatoms. The summed E-state index contributed by atoms with van der Waals surface area (Å²) in [5.74, 6) is 4.85. The Bertz CT molecular complexity index is 571. The molecule has 0 aliphatic heterocycles. The van der Waals surface area contributed by atoms with Crippen molar-refractivity contribution in [2.45, 2.75) is 13.2 Å². The minimum absolute atomic E-state index is 0.281. The number of carbonyl (C=O) groups excluding carboxylic acids is 1. The Balaban J connectivity index is 1.93. The fourth-order valence-corrected chi connectivity index (χ4v) is 2.88. The molecule has 0 atom stereocenters. The van der Waals surface area contributed by atoms with E-state index in [-0.39, 0.29) is 5.91 Å². The number of benzene rings is 1. The van der Waals surface area contributed by atoms with Crippen LogP contribution < -0.4 is 11.3 Å².